The Labute approximate surface area is 218 Å². The first-order chi connectivity index (χ1) is 17.5. The lowest BCUT2D eigenvalue weighted by molar-refractivity contribution is -0.143. The maximum atomic E-state index is 13.8. The van der Waals surface area contributed by atoms with Crippen LogP contribution < -0.4 is 10.1 Å². The summed E-state index contributed by atoms with van der Waals surface area (Å²) < 4.78 is 19.0. The van der Waals surface area contributed by atoms with E-state index in [2.05, 4.69) is 10.5 Å². The number of hydrogen-bond donors (Lipinski definition) is 2. The van der Waals surface area contributed by atoms with Gasteiger partial charge in [-0.2, -0.15) is 0 Å². The lowest BCUT2D eigenvalue weighted by atomic mass is 10.0. The lowest BCUT2D eigenvalue weighted by Crippen LogP contribution is -2.48. The zero-order valence-electron chi connectivity index (χ0n) is 22.8. The van der Waals surface area contributed by atoms with E-state index in [-0.39, 0.29) is 54.7 Å². The molecule has 1 aromatic carbocycles. The molecule has 0 aromatic heterocycles. The van der Waals surface area contributed by atoms with Gasteiger partial charge in [0, 0.05) is 31.0 Å². The minimum absolute atomic E-state index is 0.0606. The summed E-state index contributed by atoms with van der Waals surface area (Å²) in [6, 6.07) is 3.29. The molecular formula is C27H40FN3O6. The van der Waals surface area contributed by atoms with Crippen LogP contribution in [0.5, 0.6) is 5.75 Å². The molecule has 0 aliphatic heterocycles. The third-order valence-corrected chi connectivity index (χ3v) is 5.62. The topological polar surface area (TPSA) is 118 Å². The first-order valence-electron chi connectivity index (χ1n) is 12.5. The van der Waals surface area contributed by atoms with Crippen LogP contribution in [-0.4, -0.2) is 59.2 Å². The van der Waals surface area contributed by atoms with Crippen molar-refractivity contribution >= 4 is 23.4 Å². The number of methoxy groups -OCH3 is 1. The fraction of sp³-hybridized carbons (Fsp3) is 0.556. The van der Waals surface area contributed by atoms with Gasteiger partial charge in [-0.3, -0.25) is 19.3 Å². The highest BCUT2D eigenvalue weighted by molar-refractivity contribution is 6.23. The van der Waals surface area contributed by atoms with Crippen LogP contribution in [-0.2, 0) is 19.2 Å². The highest BCUT2D eigenvalue weighted by Crippen LogP contribution is 2.29. The number of halogens is 1. The van der Waals surface area contributed by atoms with Crippen LogP contribution in [0.15, 0.2) is 35.0 Å². The molecule has 10 heteroatoms. The summed E-state index contributed by atoms with van der Waals surface area (Å²) in [6.07, 6.45) is 0.617. The Kier molecular flexibility index (Phi) is 13.5. The number of oxime groups is 1. The van der Waals surface area contributed by atoms with Crippen molar-refractivity contribution in [1.82, 2.24) is 10.2 Å². The summed E-state index contributed by atoms with van der Waals surface area (Å²) in [5.74, 6) is -1.61. The van der Waals surface area contributed by atoms with Gasteiger partial charge in [0.15, 0.2) is 0 Å². The van der Waals surface area contributed by atoms with E-state index in [0.717, 1.165) is 11.0 Å². The van der Waals surface area contributed by atoms with E-state index < -0.39 is 29.8 Å². The summed E-state index contributed by atoms with van der Waals surface area (Å²) in [4.78, 5) is 45.2. The molecule has 2 N–H and O–H groups in total. The summed E-state index contributed by atoms with van der Waals surface area (Å²) in [5.41, 5.74) is 0.685. The molecule has 206 valence electrons. The molecule has 1 unspecified atom stereocenters. The first kappa shape index (κ1) is 31.8. The van der Waals surface area contributed by atoms with Gasteiger partial charge in [0.2, 0.25) is 11.8 Å². The predicted molar refractivity (Wildman–Crippen MR) is 139 cm³/mol. The van der Waals surface area contributed by atoms with E-state index in [9.17, 15) is 23.9 Å². The van der Waals surface area contributed by atoms with Crippen molar-refractivity contribution in [3.8, 4) is 5.75 Å². The monoisotopic (exact) mass is 521 g/mol. The molecule has 0 radical (unpaired) electrons. The number of rotatable bonds is 14. The van der Waals surface area contributed by atoms with Crippen LogP contribution in [0.1, 0.15) is 78.9 Å². The highest BCUT2D eigenvalue weighted by atomic mass is 19.1. The normalized spacial score (nSPS) is 13.7. The number of carbonyl (C=O) groups excluding carboxylic acids is 3. The Bertz CT molecular complexity index is 992. The molecule has 1 aromatic rings. The van der Waals surface area contributed by atoms with Gasteiger partial charge in [-0.1, -0.05) is 25.1 Å². The van der Waals surface area contributed by atoms with Gasteiger partial charge in [0.1, 0.15) is 17.7 Å². The maximum Gasteiger partial charge on any atom is 0.262 e. The zero-order valence-corrected chi connectivity index (χ0v) is 22.8. The average Bonchev–Trinajstić information content (AvgIpc) is 2.88. The molecule has 0 saturated carbocycles. The molecule has 1 rings (SSSR count). The Morgan fingerprint density at radius 1 is 1.24 bits per heavy atom. The summed E-state index contributed by atoms with van der Waals surface area (Å²) >= 11 is 0. The number of nitrogens with one attached hydrogen (secondary N) is 1. The minimum atomic E-state index is -1.20. The largest absolute Gasteiger partial charge is 0.496 e. The van der Waals surface area contributed by atoms with E-state index in [1.165, 1.54) is 19.2 Å². The summed E-state index contributed by atoms with van der Waals surface area (Å²) in [6.45, 7) is 10.3. The number of carbonyl (C=O) groups is 3. The molecular weight excluding hydrogens is 481 g/mol. The predicted octanol–water partition coefficient (Wildman–Crippen LogP) is 4.06. The van der Waals surface area contributed by atoms with Crippen molar-refractivity contribution in [2.24, 2.45) is 5.16 Å². The Balaban J connectivity index is 3.21. The van der Waals surface area contributed by atoms with Crippen molar-refractivity contribution in [3.63, 3.8) is 0 Å². The number of aliphatic hydroxyl groups is 1. The van der Waals surface area contributed by atoms with E-state index in [4.69, 9.17) is 9.57 Å². The molecule has 2 atom stereocenters. The molecule has 0 heterocycles. The Hall–Kier alpha value is -3.27. The SMILES string of the molecule is C/C=C(C(=O)N(C[C@H](CC)NC(=O)CC)C(=O)CCC(O)c1cc(F)ccc1OC)/C(C)=N/OC(C)C. The van der Waals surface area contributed by atoms with Crippen LogP contribution in [0.25, 0.3) is 0 Å². The fourth-order valence-corrected chi connectivity index (χ4v) is 3.51. The number of aliphatic hydroxyl groups excluding tert-OH is 1. The lowest BCUT2D eigenvalue weighted by Gasteiger charge is -2.27. The van der Waals surface area contributed by atoms with Crippen LogP contribution in [0.2, 0.25) is 0 Å². The van der Waals surface area contributed by atoms with Crippen molar-refractivity contribution < 1.29 is 33.5 Å². The molecule has 0 spiro atoms. The standard InChI is InChI=1S/C27H40FN3O6/c1-8-20(29-25(33)10-3)16-31(27(35)21(9-2)18(6)30-37-17(4)5)26(34)14-12-23(32)22-15-19(28)11-13-24(22)36-7/h9,11,13,15,17,20,23,32H,8,10,12,14,16H2,1-7H3,(H,29,33)/b21-9-,30-18+/t20-,23?/m0/s1. The van der Waals surface area contributed by atoms with Crippen molar-refractivity contribution in [3.05, 3.63) is 41.2 Å². The number of imide groups is 1. The second-order valence-electron chi connectivity index (χ2n) is 8.81. The van der Waals surface area contributed by atoms with Crippen LogP contribution in [0, 0.1) is 5.82 Å². The molecule has 0 aliphatic carbocycles. The molecule has 0 saturated heterocycles. The van der Waals surface area contributed by atoms with Crippen LogP contribution in [0.3, 0.4) is 0 Å². The van der Waals surface area contributed by atoms with Crippen LogP contribution >= 0.6 is 0 Å². The molecule has 3 amide bonds. The van der Waals surface area contributed by atoms with E-state index in [1.807, 2.05) is 6.92 Å². The number of ether oxygens (including phenoxy) is 1. The van der Waals surface area contributed by atoms with Gasteiger partial charge in [0.25, 0.3) is 5.91 Å². The van der Waals surface area contributed by atoms with E-state index in [1.54, 1.807) is 40.7 Å². The quantitative estimate of drug-likeness (QED) is 0.217. The molecule has 37 heavy (non-hydrogen) atoms. The number of hydrogen-bond acceptors (Lipinski definition) is 7. The molecule has 0 fully saturated rings. The van der Waals surface area contributed by atoms with E-state index >= 15 is 0 Å². The number of benzene rings is 1. The second kappa shape index (κ2) is 15.8. The molecule has 0 bridgehead atoms. The van der Waals surface area contributed by atoms with Crippen LogP contribution in [0.4, 0.5) is 4.39 Å². The average molecular weight is 522 g/mol. The third-order valence-electron chi connectivity index (χ3n) is 5.62. The van der Waals surface area contributed by atoms with Gasteiger partial charge in [-0.05, 0) is 58.7 Å². The molecule has 9 nitrogen and oxygen atoms in total. The van der Waals surface area contributed by atoms with Gasteiger partial charge >= 0.3 is 0 Å². The summed E-state index contributed by atoms with van der Waals surface area (Å²) in [7, 11) is 1.40. The smallest absolute Gasteiger partial charge is 0.262 e. The second-order valence-corrected chi connectivity index (χ2v) is 8.81. The van der Waals surface area contributed by atoms with Gasteiger partial charge in [0.05, 0.1) is 24.5 Å². The number of nitrogens with zero attached hydrogens (tertiary/aromatic N) is 2. The zero-order chi connectivity index (χ0) is 28.1. The Morgan fingerprint density at radius 2 is 1.92 bits per heavy atom. The van der Waals surface area contributed by atoms with E-state index in [0.29, 0.717) is 12.1 Å². The first-order valence-corrected chi connectivity index (χ1v) is 12.5. The Morgan fingerprint density at radius 3 is 2.46 bits per heavy atom. The summed E-state index contributed by atoms with van der Waals surface area (Å²) in [5, 5.41) is 17.5. The maximum absolute atomic E-state index is 13.8. The molecule has 0 aliphatic rings. The van der Waals surface area contributed by atoms with Gasteiger partial charge in [-0.15, -0.1) is 0 Å². The number of amides is 3. The van der Waals surface area contributed by atoms with Crippen molar-refractivity contribution in [1.29, 1.82) is 0 Å². The fourth-order valence-electron chi connectivity index (χ4n) is 3.51. The van der Waals surface area contributed by atoms with Crippen molar-refractivity contribution in [2.45, 2.75) is 85.5 Å². The van der Waals surface area contributed by atoms with Gasteiger partial charge < -0.3 is 20.0 Å². The van der Waals surface area contributed by atoms with Gasteiger partial charge in [-0.25, -0.2) is 4.39 Å². The third kappa shape index (κ3) is 9.95. The number of allylic oxidation sites excluding steroid dienone is 1. The minimum Gasteiger partial charge on any atom is -0.496 e. The highest BCUT2D eigenvalue weighted by Gasteiger charge is 2.29. The van der Waals surface area contributed by atoms with Crippen molar-refractivity contribution in [2.75, 3.05) is 13.7 Å².